The van der Waals surface area contributed by atoms with Gasteiger partial charge in [0.15, 0.2) is 5.16 Å². The van der Waals surface area contributed by atoms with Crippen molar-refractivity contribution in [3.8, 4) is 0 Å². The van der Waals surface area contributed by atoms with Crippen LogP contribution in [-0.2, 0) is 9.53 Å². The minimum atomic E-state index is -0.532. The van der Waals surface area contributed by atoms with Crippen molar-refractivity contribution in [3.63, 3.8) is 0 Å². The molecule has 1 aliphatic rings. The number of hydrogen-bond donors (Lipinski definition) is 2. The number of allylic oxidation sites excluding steroid dienone is 1. The van der Waals surface area contributed by atoms with Gasteiger partial charge in [0.25, 0.3) is 5.56 Å². The van der Waals surface area contributed by atoms with E-state index in [1.165, 1.54) is 18.9 Å². The molecule has 7 heteroatoms. The summed E-state index contributed by atoms with van der Waals surface area (Å²) in [6.07, 6.45) is 2.14. The van der Waals surface area contributed by atoms with Gasteiger partial charge in [0.1, 0.15) is 5.82 Å². The summed E-state index contributed by atoms with van der Waals surface area (Å²) in [6.45, 7) is 5.91. The van der Waals surface area contributed by atoms with Crippen molar-refractivity contribution in [2.75, 3.05) is 18.2 Å². The SMILES string of the molecule is CCCCSc1nc2c(c(=O)[nH]1)C(c1ccccc1C)C(C(=O)OC)=C(C)N2. The fourth-order valence-electron chi connectivity index (χ4n) is 3.41. The van der Waals surface area contributed by atoms with Gasteiger partial charge in [-0.25, -0.2) is 9.78 Å². The first-order chi connectivity index (χ1) is 13.5. The van der Waals surface area contributed by atoms with Crippen LogP contribution < -0.4 is 10.9 Å². The minimum Gasteiger partial charge on any atom is -0.466 e. The molecule has 0 amide bonds. The number of thioether (sulfide) groups is 1. The maximum Gasteiger partial charge on any atom is 0.336 e. The first-order valence-electron chi connectivity index (χ1n) is 9.36. The van der Waals surface area contributed by atoms with Crippen molar-refractivity contribution in [1.29, 1.82) is 0 Å². The number of aromatic nitrogens is 2. The molecular formula is C21H25N3O3S. The number of anilines is 1. The van der Waals surface area contributed by atoms with Crippen LogP contribution in [0.15, 0.2) is 45.5 Å². The van der Waals surface area contributed by atoms with Gasteiger partial charge in [-0.2, -0.15) is 0 Å². The fraction of sp³-hybridized carbons (Fsp3) is 0.381. The summed E-state index contributed by atoms with van der Waals surface area (Å²) in [5.74, 6) is 0.406. The van der Waals surface area contributed by atoms with Gasteiger partial charge in [-0.1, -0.05) is 49.4 Å². The number of esters is 1. The van der Waals surface area contributed by atoms with Crippen molar-refractivity contribution in [1.82, 2.24) is 9.97 Å². The standard InChI is InChI=1S/C21H25N3O3S/c1-5-6-11-28-21-23-18-17(19(25)24-21)16(14-10-8-7-9-12(14)2)15(13(3)22-18)20(26)27-4/h7-10,16H,5-6,11H2,1-4H3,(H2,22,23,24,25). The zero-order valence-corrected chi connectivity index (χ0v) is 17.4. The van der Waals surface area contributed by atoms with Crippen LogP contribution in [0.2, 0.25) is 0 Å². The zero-order chi connectivity index (χ0) is 20.3. The third-order valence-electron chi connectivity index (χ3n) is 4.86. The molecule has 0 bridgehead atoms. The lowest BCUT2D eigenvalue weighted by Crippen LogP contribution is -2.31. The lowest BCUT2D eigenvalue weighted by Gasteiger charge is -2.29. The number of ether oxygens (including phenoxy) is 1. The molecule has 0 spiro atoms. The van der Waals surface area contributed by atoms with E-state index in [-0.39, 0.29) is 5.56 Å². The molecule has 28 heavy (non-hydrogen) atoms. The van der Waals surface area contributed by atoms with Crippen LogP contribution in [0.1, 0.15) is 49.3 Å². The maximum atomic E-state index is 13.1. The molecule has 2 N–H and O–H groups in total. The smallest absolute Gasteiger partial charge is 0.336 e. The summed E-state index contributed by atoms with van der Waals surface area (Å²) in [4.78, 5) is 33.1. The first-order valence-corrected chi connectivity index (χ1v) is 10.3. The Kier molecular flexibility index (Phi) is 6.24. The molecule has 148 valence electrons. The molecule has 1 aliphatic heterocycles. The van der Waals surface area contributed by atoms with Crippen LogP contribution in [0.4, 0.5) is 5.82 Å². The molecule has 0 aliphatic carbocycles. The average molecular weight is 400 g/mol. The maximum absolute atomic E-state index is 13.1. The number of aryl methyl sites for hydroxylation is 1. The van der Waals surface area contributed by atoms with E-state index in [9.17, 15) is 9.59 Å². The minimum absolute atomic E-state index is 0.237. The molecule has 1 aromatic heterocycles. The number of methoxy groups -OCH3 is 1. The predicted molar refractivity (Wildman–Crippen MR) is 112 cm³/mol. The van der Waals surface area contributed by atoms with Gasteiger partial charge in [-0.15, -0.1) is 0 Å². The van der Waals surface area contributed by atoms with Crippen LogP contribution in [0.5, 0.6) is 0 Å². The van der Waals surface area contributed by atoms with Crippen LogP contribution in [0.3, 0.4) is 0 Å². The normalized spacial score (nSPS) is 15.8. The lowest BCUT2D eigenvalue weighted by molar-refractivity contribution is -0.136. The highest BCUT2D eigenvalue weighted by Gasteiger charge is 2.36. The molecule has 0 saturated carbocycles. The summed E-state index contributed by atoms with van der Waals surface area (Å²) in [5.41, 5.74) is 3.18. The molecule has 3 rings (SSSR count). The van der Waals surface area contributed by atoms with Crippen molar-refractivity contribution in [3.05, 3.63) is 62.6 Å². The van der Waals surface area contributed by atoms with Crippen molar-refractivity contribution in [2.24, 2.45) is 0 Å². The molecule has 0 fully saturated rings. The number of hydrogen-bond acceptors (Lipinski definition) is 6. The zero-order valence-electron chi connectivity index (χ0n) is 16.6. The second kappa shape index (κ2) is 8.65. The fourth-order valence-corrected chi connectivity index (χ4v) is 4.36. The summed E-state index contributed by atoms with van der Waals surface area (Å²) < 4.78 is 5.02. The Bertz CT molecular complexity index is 981. The van der Waals surface area contributed by atoms with Gasteiger partial charge in [-0.05, 0) is 31.4 Å². The highest BCUT2D eigenvalue weighted by atomic mass is 32.2. The highest BCUT2D eigenvalue weighted by Crippen LogP contribution is 2.41. The number of carbonyl (C=O) groups is 1. The molecule has 1 aromatic carbocycles. The van der Waals surface area contributed by atoms with Crippen LogP contribution in [0.25, 0.3) is 0 Å². The number of nitrogens with one attached hydrogen (secondary N) is 2. The van der Waals surface area contributed by atoms with Crippen LogP contribution >= 0.6 is 11.8 Å². The van der Waals surface area contributed by atoms with Crippen LogP contribution in [-0.4, -0.2) is 28.8 Å². The summed E-state index contributed by atoms with van der Waals surface area (Å²) >= 11 is 1.53. The molecular weight excluding hydrogens is 374 g/mol. The largest absolute Gasteiger partial charge is 0.466 e. The van der Waals surface area contributed by atoms with E-state index in [1.54, 1.807) is 0 Å². The van der Waals surface area contributed by atoms with Gasteiger partial charge < -0.3 is 15.0 Å². The molecule has 1 atom stereocenters. The molecule has 1 unspecified atom stereocenters. The summed E-state index contributed by atoms with van der Waals surface area (Å²) in [6, 6.07) is 7.75. The molecule has 2 heterocycles. The second-order valence-electron chi connectivity index (χ2n) is 6.78. The van der Waals surface area contributed by atoms with E-state index >= 15 is 0 Å². The molecule has 2 aromatic rings. The van der Waals surface area contributed by atoms with Crippen molar-refractivity contribution >= 4 is 23.5 Å². The molecule has 0 radical (unpaired) electrons. The monoisotopic (exact) mass is 399 g/mol. The van der Waals surface area contributed by atoms with E-state index in [2.05, 4.69) is 22.2 Å². The Balaban J connectivity index is 2.17. The van der Waals surface area contributed by atoms with Gasteiger partial charge in [-0.3, -0.25) is 4.79 Å². The molecule has 6 nitrogen and oxygen atoms in total. The number of benzene rings is 1. The number of H-pyrrole nitrogens is 1. The first kappa shape index (κ1) is 20.2. The Morgan fingerprint density at radius 3 is 2.71 bits per heavy atom. The van der Waals surface area contributed by atoms with E-state index in [0.29, 0.717) is 27.8 Å². The third kappa shape index (κ3) is 3.85. The Hall–Kier alpha value is -2.54. The van der Waals surface area contributed by atoms with E-state index < -0.39 is 11.9 Å². The number of rotatable bonds is 6. The Labute approximate surface area is 168 Å². The highest BCUT2D eigenvalue weighted by molar-refractivity contribution is 7.99. The van der Waals surface area contributed by atoms with Gasteiger partial charge in [0.05, 0.1) is 24.2 Å². The summed E-state index contributed by atoms with van der Waals surface area (Å²) in [7, 11) is 1.35. The third-order valence-corrected chi connectivity index (χ3v) is 5.82. The second-order valence-corrected chi connectivity index (χ2v) is 7.86. The van der Waals surface area contributed by atoms with Crippen molar-refractivity contribution < 1.29 is 9.53 Å². The van der Waals surface area contributed by atoms with Crippen LogP contribution in [0, 0.1) is 6.92 Å². The Morgan fingerprint density at radius 2 is 2.04 bits per heavy atom. The number of nitrogens with zero attached hydrogens (tertiary/aromatic N) is 1. The van der Waals surface area contributed by atoms with Gasteiger partial charge >= 0.3 is 5.97 Å². The van der Waals surface area contributed by atoms with E-state index in [4.69, 9.17) is 4.74 Å². The van der Waals surface area contributed by atoms with E-state index in [1.807, 2.05) is 38.1 Å². The number of carbonyl (C=O) groups excluding carboxylic acids is 1. The van der Waals surface area contributed by atoms with Gasteiger partial charge in [0, 0.05) is 11.4 Å². The van der Waals surface area contributed by atoms with Crippen molar-refractivity contribution in [2.45, 2.75) is 44.7 Å². The predicted octanol–water partition coefficient (Wildman–Crippen LogP) is 3.97. The summed E-state index contributed by atoms with van der Waals surface area (Å²) in [5, 5.41) is 3.74. The average Bonchev–Trinajstić information content (AvgIpc) is 2.67. The number of unbranched alkanes of at least 4 members (excludes halogenated alkanes) is 1. The molecule has 0 saturated heterocycles. The lowest BCUT2D eigenvalue weighted by atomic mass is 9.80. The number of aromatic amines is 1. The Morgan fingerprint density at radius 1 is 1.29 bits per heavy atom. The number of fused-ring (bicyclic) bond motifs is 1. The van der Waals surface area contributed by atoms with E-state index in [0.717, 1.165) is 29.7 Å². The topological polar surface area (TPSA) is 84.1 Å². The van der Waals surface area contributed by atoms with Gasteiger partial charge in [0.2, 0.25) is 0 Å². The quantitative estimate of drug-likeness (QED) is 0.331.